The largest absolute Gasteiger partial charge is 0.465 e. The molecule has 0 saturated heterocycles. The third kappa shape index (κ3) is 3.26. The first-order chi connectivity index (χ1) is 10.4. The zero-order valence-electron chi connectivity index (χ0n) is 11.5. The van der Waals surface area contributed by atoms with E-state index >= 15 is 0 Å². The van der Waals surface area contributed by atoms with Gasteiger partial charge in [0.15, 0.2) is 0 Å². The number of imidazole rings is 1. The van der Waals surface area contributed by atoms with Crippen LogP contribution in [-0.4, -0.2) is 20.8 Å². The van der Waals surface area contributed by atoms with E-state index in [1.165, 1.54) is 35.2 Å². The Morgan fingerprint density at radius 2 is 2.36 bits per heavy atom. The fourth-order valence-corrected chi connectivity index (χ4v) is 2.60. The van der Waals surface area contributed by atoms with Crippen molar-refractivity contribution in [1.82, 2.24) is 14.9 Å². The quantitative estimate of drug-likeness (QED) is 0.870. The smallest absolute Gasteiger partial charge is 0.405 e. The zero-order chi connectivity index (χ0) is 16.3. The van der Waals surface area contributed by atoms with Gasteiger partial charge in [0.25, 0.3) is 0 Å². The summed E-state index contributed by atoms with van der Waals surface area (Å²) < 4.78 is 16.3. The molecule has 0 aliphatic carbocycles. The molecule has 1 atom stereocenters. The van der Waals surface area contributed by atoms with E-state index < -0.39 is 17.4 Å². The molecule has 1 aromatic heterocycles. The summed E-state index contributed by atoms with van der Waals surface area (Å²) >= 11 is 3.25. The molecule has 8 heteroatoms. The maximum absolute atomic E-state index is 14.2. The molecule has 0 aliphatic rings. The molecule has 1 heterocycles. The first-order valence-electron chi connectivity index (χ1n) is 6.23. The molecule has 2 rings (SSSR count). The average Bonchev–Trinajstić information content (AvgIpc) is 2.87. The molecule has 0 bridgehead atoms. The fourth-order valence-electron chi connectivity index (χ4n) is 2.24. The van der Waals surface area contributed by atoms with Gasteiger partial charge in [0, 0.05) is 22.4 Å². The van der Waals surface area contributed by atoms with Crippen molar-refractivity contribution in [3.05, 3.63) is 52.3 Å². The van der Waals surface area contributed by atoms with Gasteiger partial charge < -0.3 is 15.0 Å². The molecular formula is C14H12BrFN4O2. The van der Waals surface area contributed by atoms with Crippen molar-refractivity contribution in [2.45, 2.75) is 19.0 Å². The predicted octanol–water partition coefficient (Wildman–Crippen LogP) is 2.84. The summed E-state index contributed by atoms with van der Waals surface area (Å²) in [4.78, 5) is 15.0. The van der Waals surface area contributed by atoms with E-state index in [1.807, 2.05) is 6.07 Å². The van der Waals surface area contributed by atoms with Gasteiger partial charge in [-0.15, -0.1) is 0 Å². The van der Waals surface area contributed by atoms with Crippen molar-refractivity contribution in [3.63, 3.8) is 0 Å². The highest BCUT2D eigenvalue weighted by atomic mass is 79.9. The Hall–Kier alpha value is -2.40. The van der Waals surface area contributed by atoms with Crippen molar-refractivity contribution in [3.8, 4) is 6.07 Å². The first kappa shape index (κ1) is 16.0. The summed E-state index contributed by atoms with van der Waals surface area (Å²) in [6, 6.07) is 6.19. The number of halogens is 2. The van der Waals surface area contributed by atoms with Crippen LogP contribution in [0.3, 0.4) is 0 Å². The van der Waals surface area contributed by atoms with Gasteiger partial charge in [0.05, 0.1) is 12.1 Å². The summed E-state index contributed by atoms with van der Waals surface area (Å²) in [6.45, 7) is 1.57. The molecule has 22 heavy (non-hydrogen) atoms. The molecule has 6 nitrogen and oxygen atoms in total. The van der Waals surface area contributed by atoms with Crippen LogP contribution in [0.1, 0.15) is 18.3 Å². The number of hydrogen-bond donors (Lipinski definition) is 2. The minimum atomic E-state index is -1.29. The van der Waals surface area contributed by atoms with Crippen LogP contribution in [0, 0.1) is 17.1 Å². The molecule has 0 radical (unpaired) electrons. The Bertz CT molecular complexity index is 756. The summed E-state index contributed by atoms with van der Waals surface area (Å²) in [5, 5.41) is 20.4. The number of aromatic nitrogens is 2. The van der Waals surface area contributed by atoms with E-state index in [9.17, 15) is 9.18 Å². The molecule has 0 spiro atoms. The molecule has 1 aromatic carbocycles. The standard InChI is InChI=1S/C14H12BrFN4O2/c1-14(19-13(21)22,8-20-5-4-18-12(20)7-17)10-6-9(15)2-3-11(10)16/h2-6,19H,8H2,1H3,(H,21,22). The Labute approximate surface area is 134 Å². The predicted molar refractivity (Wildman–Crippen MR) is 79.6 cm³/mol. The number of carboxylic acid groups (broad SMARTS) is 1. The van der Waals surface area contributed by atoms with Crippen LogP contribution in [0.25, 0.3) is 0 Å². The number of nitriles is 1. The van der Waals surface area contributed by atoms with Crippen LogP contribution in [0.5, 0.6) is 0 Å². The summed E-state index contributed by atoms with van der Waals surface area (Å²) in [6.07, 6.45) is 1.67. The lowest BCUT2D eigenvalue weighted by molar-refractivity contribution is 0.174. The molecule has 0 fully saturated rings. The molecule has 0 aliphatic heterocycles. The SMILES string of the molecule is CC(Cn1ccnc1C#N)(NC(=O)O)c1cc(Br)ccc1F. The van der Waals surface area contributed by atoms with Gasteiger partial charge in [0.1, 0.15) is 11.9 Å². The van der Waals surface area contributed by atoms with E-state index in [-0.39, 0.29) is 17.9 Å². The van der Waals surface area contributed by atoms with Crippen LogP contribution in [0.15, 0.2) is 35.1 Å². The minimum absolute atomic E-state index is 0.0234. The fraction of sp³-hybridized carbons (Fsp3) is 0.214. The topological polar surface area (TPSA) is 90.9 Å². The molecule has 1 unspecified atom stereocenters. The maximum atomic E-state index is 14.2. The van der Waals surface area contributed by atoms with Crippen LogP contribution < -0.4 is 5.32 Å². The van der Waals surface area contributed by atoms with Crippen LogP contribution in [-0.2, 0) is 12.1 Å². The van der Waals surface area contributed by atoms with Gasteiger partial charge in [-0.05, 0) is 25.1 Å². The minimum Gasteiger partial charge on any atom is -0.465 e. The van der Waals surface area contributed by atoms with E-state index in [0.29, 0.717) is 4.47 Å². The van der Waals surface area contributed by atoms with Gasteiger partial charge in [-0.25, -0.2) is 14.2 Å². The second-order valence-corrected chi connectivity index (χ2v) is 5.79. The van der Waals surface area contributed by atoms with Crippen LogP contribution in [0.2, 0.25) is 0 Å². The van der Waals surface area contributed by atoms with Crippen molar-refractivity contribution in [2.75, 3.05) is 0 Å². The highest BCUT2D eigenvalue weighted by Gasteiger charge is 2.33. The van der Waals surface area contributed by atoms with Gasteiger partial charge >= 0.3 is 6.09 Å². The second kappa shape index (κ2) is 6.15. The van der Waals surface area contributed by atoms with Crippen molar-refractivity contribution < 1.29 is 14.3 Å². The molecule has 0 saturated carbocycles. The van der Waals surface area contributed by atoms with E-state index in [4.69, 9.17) is 10.4 Å². The second-order valence-electron chi connectivity index (χ2n) is 4.88. The summed E-state index contributed by atoms with van der Waals surface area (Å²) in [5.74, 6) is -0.424. The molecule has 2 N–H and O–H groups in total. The van der Waals surface area contributed by atoms with E-state index in [2.05, 4.69) is 26.2 Å². The van der Waals surface area contributed by atoms with E-state index in [1.54, 1.807) is 6.92 Å². The van der Waals surface area contributed by atoms with Crippen molar-refractivity contribution >= 4 is 22.0 Å². The van der Waals surface area contributed by atoms with Crippen LogP contribution in [0.4, 0.5) is 9.18 Å². The lowest BCUT2D eigenvalue weighted by Crippen LogP contribution is -2.46. The Balaban J connectivity index is 2.50. The van der Waals surface area contributed by atoms with Crippen molar-refractivity contribution in [1.29, 1.82) is 5.26 Å². The van der Waals surface area contributed by atoms with Crippen molar-refractivity contribution in [2.24, 2.45) is 0 Å². The normalized spacial score (nSPS) is 13.2. The lowest BCUT2D eigenvalue weighted by atomic mass is 9.91. The Kier molecular flexibility index (Phi) is 4.47. The number of hydrogen-bond acceptors (Lipinski definition) is 3. The number of carbonyl (C=O) groups is 1. The Morgan fingerprint density at radius 1 is 1.64 bits per heavy atom. The Morgan fingerprint density at radius 3 is 3.00 bits per heavy atom. The number of nitrogens with one attached hydrogen (secondary N) is 1. The van der Waals surface area contributed by atoms with Gasteiger partial charge in [-0.2, -0.15) is 5.26 Å². The third-order valence-corrected chi connectivity index (χ3v) is 3.70. The highest BCUT2D eigenvalue weighted by molar-refractivity contribution is 9.10. The number of benzene rings is 1. The lowest BCUT2D eigenvalue weighted by Gasteiger charge is -2.31. The summed E-state index contributed by atoms with van der Waals surface area (Å²) in [7, 11) is 0. The third-order valence-electron chi connectivity index (χ3n) is 3.21. The number of amides is 1. The summed E-state index contributed by atoms with van der Waals surface area (Å²) in [5.41, 5.74) is -1.10. The van der Waals surface area contributed by atoms with Gasteiger partial charge in [-0.1, -0.05) is 15.9 Å². The number of nitrogens with zero attached hydrogens (tertiary/aromatic N) is 3. The molecular weight excluding hydrogens is 355 g/mol. The average molecular weight is 367 g/mol. The van der Waals surface area contributed by atoms with Gasteiger partial charge in [-0.3, -0.25) is 0 Å². The molecule has 1 amide bonds. The number of rotatable bonds is 4. The maximum Gasteiger partial charge on any atom is 0.405 e. The van der Waals surface area contributed by atoms with E-state index in [0.717, 1.165) is 0 Å². The first-order valence-corrected chi connectivity index (χ1v) is 7.03. The molecule has 2 aromatic rings. The highest BCUT2D eigenvalue weighted by Crippen LogP contribution is 2.28. The van der Waals surface area contributed by atoms with Crippen LogP contribution >= 0.6 is 15.9 Å². The monoisotopic (exact) mass is 366 g/mol. The molecule has 114 valence electrons. The van der Waals surface area contributed by atoms with Gasteiger partial charge in [0.2, 0.25) is 5.82 Å². The zero-order valence-corrected chi connectivity index (χ0v) is 13.1.